The van der Waals surface area contributed by atoms with Gasteiger partial charge in [-0.2, -0.15) is 0 Å². The molecule has 0 bridgehead atoms. The van der Waals surface area contributed by atoms with Gasteiger partial charge in [0.2, 0.25) is 5.95 Å². The Labute approximate surface area is 172 Å². The molecule has 0 saturated carbocycles. The number of hydrogen-bond donors (Lipinski definition) is 2. The largest absolute Gasteiger partial charge is 0.330 e. The Morgan fingerprint density at radius 1 is 1.17 bits per heavy atom. The van der Waals surface area contributed by atoms with Gasteiger partial charge in [-0.15, -0.1) is 0 Å². The van der Waals surface area contributed by atoms with Gasteiger partial charge in [-0.05, 0) is 44.0 Å². The highest BCUT2D eigenvalue weighted by atomic mass is 15.1. The number of anilines is 1. The summed E-state index contributed by atoms with van der Waals surface area (Å²) < 4.78 is 2.18. The number of nitrogens with one attached hydrogen (secondary N) is 2. The van der Waals surface area contributed by atoms with E-state index >= 15 is 0 Å². The molecule has 4 rings (SSSR count). The Balaban J connectivity index is 1.59. The highest BCUT2D eigenvalue weighted by Crippen LogP contribution is 2.28. The Morgan fingerprint density at radius 3 is 2.72 bits per heavy atom. The average molecular weight is 389 g/mol. The summed E-state index contributed by atoms with van der Waals surface area (Å²) in [5, 5.41) is 6.82. The van der Waals surface area contributed by atoms with E-state index in [1.165, 1.54) is 0 Å². The van der Waals surface area contributed by atoms with Gasteiger partial charge in [-0.3, -0.25) is 0 Å². The predicted molar refractivity (Wildman–Crippen MR) is 117 cm³/mol. The molecule has 1 aliphatic rings. The van der Waals surface area contributed by atoms with Crippen LogP contribution in [0, 0.1) is 0 Å². The molecule has 6 nitrogen and oxygen atoms in total. The van der Waals surface area contributed by atoms with Crippen LogP contribution in [0.25, 0.3) is 17.1 Å². The van der Waals surface area contributed by atoms with Crippen LogP contribution in [0.2, 0.25) is 0 Å². The number of benzene rings is 1. The lowest BCUT2D eigenvalue weighted by atomic mass is 9.97. The molecular weight excluding hydrogens is 360 g/mol. The molecule has 3 heterocycles. The quantitative estimate of drug-likeness (QED) is 0.662. The standard InChI is InChI=1S/C23H28N6/c1-3-7-19(17-8-5-4-6-9-17)27-23-25-15-12-20(28-23)21-16-26-22(29(21)2)18-10-13-24-14-11-18/h4-9,12,15-16,18,24H,3,10-11,13-14H2,1-2H3,(H,25,27,28)/b19-7-. The SMILES string of the molecule is CC/C=C(\Nc1nccc(-c2cnc(C3CCNCC3)n2C)n1)c1ccccc1. The first-order chi connectivity index (χ1) is 14.3. The number of aromatic nitrogens is 4. The van der Waals surface area contributed by atoms with Gasteiger partial charge in [0, 0.05) is 24.9 Å². The summed E-state index contributed by atoms with van der Waals surface area (Å²) in [4.78, 5) is 13.9. The van der Waals surface area contributed by atoms with Crippen LogP contribution in [-0.2, 0) is 7.05 Å². The minimum Gasteiger partial charge on any atom is -0.330 e. The Bertz CT molecular complexity index is 970. The van der Waals surface area contributed by atoms with Crippen molar-refractivity contribution in [1.82, 2.24) is 24.8 Å². The fourth-order valence-electron chi connectivity index (χ4n) is 3.87. The number of piperidine rings is 1. The molecule has 0 unspecified atom stereocenters. The van der Waals surface area contributed by atoms with Gasteiger partial charge in [-0.25, -0.2) is 15.0 Å². The van der Waals surface area contributed by atoms with Crippen molar-refractivity contribution < 1.29 is 0 Å². The molecule has 0 atom stereocenters. The minimum atomic E-state index is 0.506. The zero-order valence-corrected chi connectivity index (χ0v) is 17.1. The van der Waals surface area contributed by atoms with E-state index in [0.29, 0.717) is 11.9 Å². The van der Waals surface area contributed by atoms with Crippen LogP contribution in [0.15, 0.2) is 54.9 Å². The van der Waals surface area contributed by atoms with E-state index in [4.69, 9.17) is 9.97 Å². The minimum absolute atomic E-state index is 0.506. The second-order valence-electron chi connectivity index (χ2n) is 7.37. The van der Waals surface area contributed by atoms with Gasteiger partial charge in [0.05, 0.1) is 17.6 Å². The van der Waals surface area contributed by atoms with Crippen molar-refractivity contribution in [2.24, 2.45) is 7.05 Å². The predicted octanol–water partition coefficient (Wildman–Crippen LogP) is 4.21. The molecule has 0 radical (unpaired) electrons. The monoisotopic (exact) mass is 388 g/mol. The van der Waals surface area contributed by atoms with Gasteiger partial charge in [0.1, 0.15) is 5.82 Å². The van der Waals surface area contributed by atoms with Crippen molar-refractivity contribution in [3.63, 3.8) is 0 Å². The van der Waals surface area contributed by atoms with Gasteiger partial charge in [0.15, 0.2) is 0 Å². The lowest BCUT2D eigenvalue weighted by molar-refractivity contribution is 0.437. The van der Waals surface area contributed by atoms with Crippen LogP contribution in [0.1, 0.15) is 43.5 Å². The molecular formula is C23H28N6. The van der Waals surface area contributed by atoms with Crippen molar-refractivity contribution in [1.29, 1.82) is 0 Å². The molecule has 2 aromatic heterocycles. The zero-order chi connectivity index (χ0) is 20.1. The Kier molecular flexibility index (Phi) is 6.00. The van der Waals surface area contributed by atoms with Crippen LogP contribution in [0.3, 0.4) is 0 Å². The van der Waals surface area contributed by atoms with Gasteiger partial charge in [-0.1, -0.05) is 43.3 Å². The van der Waals surface area contributed by atoms with E-state index in [0.717, 1.165) is 60.8 Å². The molecule has 2 N–H and O–H groups in total. The van der Waals surface area contributed by atoms with E-state index in [2.05, 4.69) is 52.4 Å². The van der Waals surface area contributed by atoms with E-state index in [1.807, 2.05) is 30.5 Å². The maximum atomic E-state index is 4.77. The van der Waals surface area contributed by atoms with E-state index in [1.54, 1.807) is 6.20 Å². The molecule has 1 aromatic carbocycles. The van der Waals surface area contributed by atoms with Crippen LogP contribution < -0.4 is 10.6 Å². The number of rotatable bonds is 6. The lowest BCUT2D eigenvalue weighted by Crippen LogP contribution is -2.27. The van der Waals surface area contributed by atoms with Gasteiger partial charge < -0.3 is 15.2 Å². The first-order valence-electron chi connectivity index (χ1n) is 10.3. The van der Waals surface area contributed by atoms with Crippen molar-refractivity contribution in [3.05, 3.63) is 66.3 Å². The first kappa shape index (κ1) is 19.3. The van der Waals surface area contributed by atoms with Crippen molar-refractivity contribution >= 4 is 11.6 Å². The summed E-state index contributed by atoms with van der Waals surface area (Å²) in [6.45, 7) is 4.24. The van der Waals surface area contributed by atoms with Crippen LogP contribution >= 0.6 is 0 Å². The molecule has 1 saturated heterocycles. The zero-order valence-electron chi connectivity index (χ0n) is 17.1. The van der Waals surface area contributed by atoms with E-state index < -0.39 is 0 Å². The average Bonchev–Trinajstić information content (AvgIpc) is 3.16. The Morgan fingerprint density at radius 2 is 1.97 bits per heavy atom. The molecule has 1 aliphatic heterocycles. The summed E-state index contributed by atoms with van der Waals surface area (Å²) in [6.07, 6.45) is 9.08. The summed E-state index contributed by atoms with van der Waals surface area (Å²) in [5.41, 5.74) is 4.04. The number of hydrogen-bond acceptors (Lipinski definition) is 5. The normalized spacial score (nSPS) is 15.4. The van der Waals surface area contributed by atoms with E-state index in [-0.39, 0.29) is 0 Å². The summed E-state index contributed by atoms with van der Waals surface area (Å²) >= 11 is 0. The summed E-state index contributed by atoms with van der Waals surface area (Å²) in [5.74, 6) is 2.24. The number of allylic oxidation sites excluding steroid dienone is 1. The molecule has 150 valence electrons. The van der Waals surface area contributed by atoms with Crippen LogP contribution in [-0.4, -0.2) is 32.6 Å². The Hall–Kier alpha value is -2.99. The van der Waals surface area contributed by atoms with Crippen molar-refractivity contribution in [3.8, 4) is 11.4 Å². The number of imidazole rings is 1. The maximum Gasteiger partial charge on any atom is 0.227 e. The molecule has 29 heavy (non-hydrogen) atoms. The summed E-state index contributed by atoms with van der Waals surface area (Å²) in [6, 6.07) is 12.2. The third-order valence-electron chi connectivity index (χ3n) is 5.39. The van der Waals surface area contributed by atoms with Gasteiger partial charge >= 0.3 is 0 Å². The molecule has 6 heteroatoms. The van der Waals surface area contributed by atoms with E-state index in [9.17, 15) is 0 Å². The third kappa shape index (κ3) is 4.38. The van der Waals surface area contributed by atoms with Crippen LogP contribution in [0.5, 0.6) is 0 Å². The smallest absolute Gasteiger partial charge is 0.227 e. The lowest BCUT2D eigenvalue weighted by Gasteiger charge is -2.22. The molecule has 3 aromatic rings. The fourth-order valence-corrected chi connectivity index (χ4v) is 3.87. The van der Waals surface area contributed by atoms with Crippen molar-refractivity contribution in [2.75, 3.05) is 18.4 Å². The second kappa shape index (κ2) is 9.01. The van der Waals surface area contributed by atoms with Gasteiger partial charge in [0.25, 0.3) is 0 Å². The fraction of sp³-hybridized carbons (Fsp3) is 0.348. The topological polar surface area (TPSA) is 67.7 Å². The highest BCUT2D eigenvalue weighted by Gasteiger charge is 2.21. The molecule has 0 aliphatic carbocycles. The molecule has 0 amide bonds. The number of nitrogens with zero attached hydrogens (tertiary/aromatic N) is 4. The first-order valence-corrected chi connectivity index (χ1v) is 10.3. The van der Waals surface area contributed by atoms with Crippen LogP contribution in [0.4, 0.5) is 5.95 Å². The summed E-state index contributed by atoms with van der Waals surface area (Å²) in [7, 11) is 2.08. The molecule has 1 fully saturated rings. The third-order valence-corrected chi connectivity index (χ3v) is 5.39. The molecule has 0 spiro atoms. The van der Waals surface area contributed by atoms with Crippen molar-refractivity contribution in [2.45, 2.75) is 32.1 Å². The highest BCUT2D eigenvalue weighted by molar-refractivity contribution is 5.74. The maximum absolute atomic E-state index is 4.77. The second-order valence-corrected chi connectivity index (χ2v) is 7.37.